The molecule has 0 unspecified atom stereocenters. The summed E-state index contributed by atoms with van der Waals surface area (Å²) in [6.07, 6.45) is 1.64. The number of nitrogen functional groups attached to an aromatic ring is 1. The number of rotatable bonds is 1. The summed E-state index contributed by atoms with van der Waals surface area (Å²) in [4.78, 5) is 4.26. The maximum Gasteiger partial charge on any atom is 0.143 e. The zero-order valence-corrected chi connectivity index (χ0v) is 10.0. The highest BCUT2D eigenvalue weighted by molar-refractivity contribution is 6.31. The number of halogens is 2. The Labute approximate surface area is 108 Å². The fourth-order valence-electron chi connectivity index (χ4n) is 1.91. The second-order valence-electron chi connectivity index (χ2n) is 3.93. The van der Waals surface area contributed by atoms with Gasteiger partial charge in [0.15, 0.2) is 0 Å². The van der Waals surface area contributed by atoms with E-state index in [-0.39, 0.29) is 5.02 Å². The standard InChI is InChI=1S/C13H9ClFN3/c14-8-5-13(10(16)6-9(8)15)18-7-17-11-3-1-2-4-12(11)18/h1-7H,16H2. The Morgan fingerprint density at radius 1 is 1.22 bits per heavy atom. The summed E-state index contributed by atoms with van der Waals surface area (Å²) in [6, 6.07) is 10.3. The first-order valence-electron chi connectivity index (χ1n) is 5.34. The van der Waals surface area contributed by atoms with Crippen molar-refractivity contribution in [2.45, 2.75) is 0 Å². The van der Waals surface area contributed by atoms with Crippen LogP contribution in [0.2, 0.25) is 5.02 Å². The van der Waals surface area contributed by atoms with Gasteiger partial charge in [0, 0.05) is 6.07 Å². The summed E-state index contributed by atoms with van der Waals surface area (Å²) in [5.41, 5.74) is 8.51. The highest BCUT2D eigenvalue weighted by Gasteiger charge is 2.10. The average Bonchev–Trinajstić information content (AvgIpc) is 2.78. The van der Waals surface area contributed by atoms with Crippen molar-refractivity contribution in [3.63, 3.8) is 0 Å². The summed E-state index contributed by atoms with van der Waals surface area (Å²) >= 11 is 5.79. The van der Waals surface area contributed by atoms with Crippen LogP contribution in [0.4, 0.5) is 10.1 Å². The van der Waals surface area contributed by atoms with Crippen LogP contribution in [-0.2, 0) is 0 Å². The Balaban J connectivity index is 2.29. The lowest BCUT2D eigenvalue weighted by molar-refractivity contribution is 0.628. The molecule has 18 heavy (non-hydrogen) atoms. The van der Waals surface area contributed by atoms with Crippen molar-refractivity contribution < 1.29 is 4.39 Å². The molecule has 5 heteroatoms. The number of fused-ring (bicyclic) bond motifs is 1. The van der Waals surface area contributed by atoms with Crippen molar-refractivity contribution in [3.8, 4) is 5.69 Å². The quantitative estimate of drug-likeness (QED) is 0.682. The van der Waals surface area contributed by atoms with Crippen LogP contribution in [-0.4, -0.2) is 9.55 Å². The van der Waals surface area contributed by atoms with E-state index in [4.69, 9.17) is 17.3 Å². The number of benzene rings is 2. The molecule has 2 N–H and O–H groups in total. The Morgan fingerprint density at radius 2 is 2.00 bits per heavy atom. The minimum atomic E-state index is -0.526. The van der Waals surface area contributed by atoms with Crippen LogP contribution in [0.1, 0.15) is 0 Å². The monoisotopic (exact) mass is 261 g/mol. The van der Waals surface area contributed by atoms with Crippen molar-refractivity contribution in [1.29, 1.82) is 0 Å². The van der Waals surface area contributed by atoms with Gasteiger partial charge >= 0.3 is 0 Å². The topological polar surface area (TPSA) is 43.8 Å². The Morgan fingerprint density at radius 3 is 2.83 bits per heavy atom. The van der Waals surface area contributed by atoms with Crippen LogP contribution in [0.3, 0.4) is 0 Å². The fourth-order valence-corrected chi connectivity index (χ4v) is 2.07. The predicted molar refractivity (Wildman–Crippen MR) is 70.5 cm³/mol. The summed E-state index contributed by atoms with van der Waals surface area (Å²) in [6.45, 7) is 0. The SMILES string of the molecule is Nc1cc(F)c(Cl)cc1-n1cnc2ccccc21. The smallest absolute Gasteiger partial charge is 0.143 e. The van der Waals surface area contributed by atoms with Crippen LogP contribution in [0.25, 0.3) is 16.7 Å². The van der Waals surface area contributed by atoms with Crippen molar-refractivity contribution in [3.05, 3.63) is 53.6 Å². The van der Waals surface area contributed by atoms with Crippen LogP contribution in [0.5, 0.6) is 0 Å². The number of nitrogens with zero attached hydrogens (tertiary/aromatic N) is 2. The number of hydrogen-bond acceptors (Lipinski definition) is 2. The third kappa shape index (κ3) is 1.62. The lowest BCUT2D eigenvalue weighted by Crippen LogP contribution is -1.99. The molecule has 0 atom stereocenters. The lowest BCUT2D eigenvalue weighted by Gasteiger charge is -2.09. The van der Waals surface area contributed by atoms with Crippen LogP contribution in [0, 0.1) is 5.82 Å². The van der Waals surface area contributed by atoms with E-state index in [2.05, 4.69) is 4.98 Å². The lowest BCUT2D eigenvalue weighted by atomic mass is 10.2. The number of nitrogens with two attached hydrogens (primary N) is 1. The van der Waals surface area contributed by atoms with E-state index in [1.165, 1.54) is 12.1 Å². The van der Waals surface area contributed by atoms with Gasteiger partial charge in [0.2, 0.25) is 0 Å². The highest BCUT2D eigenvalue weighted by atomic mass is 35.5. The van der Waals surface area contributed by atoms with E-state index in [1.54, 1.807) is 10.9 Å². The largest absolute Gasteiger partial charge is 0.397 e. The fraction of sp³-hybridized carbons (Fsp3) is 0. The molecule has 0 radical (unpaired) electrons. The first-order chi connectivity index (χ1) is 8.66. The van der Waals surface area contributed by atoms with E-state index in [0.717, 1.165) is 11.0 Å². The molecule has 0 fully saturated rings. The van der Waals surface area contributed by atoms with Crippen LogP contribution in [0.15, 0.2) is 42.7 Å². The molecule has 1 aromatic heterocycles. The molecule has 0 aliphatic heterocycles. The zero-order valence-electron chi connectivity index (χ0n) is 9.27. The second kappa shape index (κ2) is 3.99. The summed E-state index contributed by atoms with van der Waals surface area (Å²) < 4.78 is 15.1. The molecule has 3 rings (SSSR count). The molecule has 0 spiro atoms. The summed E-state index contributed by atoms with van der Waals surface area (Å²) in [5.74, 6) is -0.526. The zero-order chi connectivity index (χ0) is 12.7. The summed E-state index contributed by atoms with van der Waals surface area (Å²) in [5, 5.41) is 0.0389. The van der Waals surface area contributed by atoms with E-state index in [0.29, 0.717) is 11.4 Å². The van der Waals surface area contributed by atoms with Crippen molar-refractivity contribution in [2.75, 3.05) is 5.73 Å². The minimum absolute atomic E-state index is 0.0389. The molecule has 0 aliphatic carbocycles. The van der Waals surface area contributed by atoms with E-state index in [1.807, 2.05) is 24.3 Å². The van der Waals surface area contributed by atoms with Gasteiger partial charge in [-0.05, 0) is 18.2 Å². The molecule has 0 bridgehead atoms. The van der Waals surface area contributed by atoms with Crippen molar-refractivity contribution >= 4 is 28.3 Å². The maximum absolute atomic E-state index is 13.3. The number of aromatic nitrogens is 2. The van der Waals surface area contributed by atoms with Gasteiger partial charge in [-0.2, -0.15) is 0 Å². The van der Waals surface area contributed by atoms with E-state index >= 15 is 0 Å². The van der Waals surface area contributed by atoms with Crippen molar-refractivity contribution in [2.24, 2.45) is 0 Å². The second-order valence-corrected chi connectivity index (χ2v) is 4.34. The number of hydrogen-bond donors (Lipinski definition) is 1. The Hall–Kier alpha value is -2.07. The minimum Gasteiger partial charge on any atom is -0.397 e. The van der Waals surface area contributed by atoms with Crippen LogP contribution >= 0.6 is 11.6 Å². The Kier molecular flexibility index (Phi) is 2.45. The molecule has 1 heterocycles. The molecule has 3 aromatic rings. The normalized spacial score (nSPS) is 11.0. The van der Waals surface area contributed by atoms with Gasteiger partial charge in [-0.3, -0.25) is 4.57 Å². The number of para-hydroxylation sites is 2. The van der Waals surface area contributed by atoms with Gasteiger partial charge < -0.3 is 5.73 Å². The molecule has 0 amide bonds. The molecule has 0 saturated carbocycles. The van der Waals surface area contributed by atoms with E-state index < -0.39 is 5.82 Å². The first-order valence-corrected chi connectivity index (χ1v) is 5.71. The molecular weight excluding hydrogens is 253 g/mol. The van der Waals surface area contributed by atoms with Gasteiger partial charge in [0.25, 0.3) is 0 Å². The van der Waals surface area contributed by atoms with Gasteiger partial charge in [0.1, 0.15) is 12.1 Å². The molecule has 3 nitrogen and oxygen atoms in total. The third-order valence-corrected chi connectivity index (χ3v) is 3.07. The Bertz CT molecular complexity index is 736. The molecule has 90 valence electrons. The summed E-state index contributed by atoms with van der Waals surface area (Å²) in [7, 11) is 0. The molecular formula is C13H9ClFN3. The van der Waals surface area contributed by atoms with Gasteiger partial charge in [-0.1, -0.05) is 23.7 Å². The van der Waals surface area contributed by atoms with E-state index in [9.17, 15) is 4.39 Å². The highest BCUT2D eigenvalue weighted by Crippen LogP contribution is 2.27. The number of imidazole rings is 1. The molecule has 0 saturated heterocycles. The van der Waals surface area contributed by atoms with Crippen molar-refractivity contribution in [1.82, 2.24) is 9.55 Å². The van der Waals surface area contributed by atoms with Gasteiger partial charge in [-0.15, -0.1) is 0 Å². The van der Waals surface area contributed by atoms with Gasteiger partial charge in [0.05, 0.1) is 27.4 Å². The maximum atomic E-state index is 13.3. The molecule has 0 aliphatic rings. The molecule has 2 aromatic carbocycles. The third-order valence-electron chi connectivity index (χ3n) is 2.78. The average molecular weight is 262 g/mol. The predicted octanol–water partition coefficient (Wildman–Crippen LogP) is 3.40. The van der Waals surface area contributed by atoms with Crippen LogP contribution < -0.4 is 5.73 Å². The number of anilines is 1. The first kappa shape index (κ1) is 11.0. The van der Waals surface area contributed by atoms with Gasteiger partial charge in [-0.25, -0.2) is 9.37 Å².